The first-order valence-electron chi connectivity index (χ1n) is 5.72. The van der Waals surface area contributed by atoms with E-state index < -0.39 is 16.9 Å². The Balaban J connectivity index is 2.78. The van der Waals surface area contributed by atoms with Crippen molar-refractivity contribution in [2.75, 3.05) is 0 Å². The lowest BCUT2D eigenvalue weighted by Gasteiger charge is -2.18. The molecule has 0 aliphatic carbocycles. The van der Waals surface area contributed by atoms with Crippen molar-refractivity contribution in [2.45, 2.75) is 26.4 Å². The van der Waals surface area contributed by atoms with Gasteiger partial charge in [-0.05, 0) is 17.5 Å². The fraction of sp³-hybridized carbons (Fsp3) is 0.417. The SMILES string of the molecule is CC(C)C(NCc1ccc([N+](=O)[O-])cc1Br)C(=O)O. The summed E-state index contributed by atoms with van der Waals surface area (Å²) in [5, 5.41) is 22.6. The number of rotatable bonds is 6. The maximum atomic E-state index is 11.0. The Hall–Kier alpha value is -1.47. The third-order valence-corrected chi connectivity index (χ3v) is 3.43. The number of nitro groups is 1. The summed E-state index contributed by atoms with van der Waals surface area (Å²) < 4.78 is 0.585. The van der Waals surface area contributed by atoms with E-state index in [4.69, 9.17) is 5.11 Å². The first-order valence-corrected chi connectivity index (χ1v) is 6.51. The molecule has 0 saturated carbocycles. The highest BCUT2D eigenvalue weighted by molar-refractivity contribution is 9.10. The van der Waals surface area contributed by atoms with Gasteiger partial charge in [0.05, 0.1) is 4.92 Å². The Labute approximate surface area is 119 Å². The summed E-state index contributed by atoms with van der Waals surface area (Å²) in [4.78, 5) is 21.2. The third-order valence-electron chi connectivity index (χ3n) is 2.69. The van der Waals surface area contributed by atoms with Gasteiger partial charge in [0, 0.05) is 23.2 Å². The Morgan fingerprint density at radius 1 is 1.53 bits per heavy atom. The number of nitrogens with zero attached hydrogens (tertiary/aromatic N) is 1. The first-order chi connectivity index (χ1) is 8.82. The monoisotopic (exact) mass is 330 g/mol. The highest BCUT2D eigenvalue weighted by atomic mass is 79.9. The Kier molecular flexibility index (Phi) is 5.44. The van der Waals surface area contributed by atoms with Gasteiger partial charge < -0.3 is 10.4 Å². The van der Waals surface area contributed by atoms with Crippen molar-refractivity contribution in [3.8, 4) is 0 Å². The van der Waals surface area contributed by atoms with Crippen LogP contribution in [-0.4, -0.2) is 22.0 Å². The minimum atomic E-state index is -0.909. The molecule has 1 rings (SSSR count). The predicted octanol–water partition coefficient (Wildman–Crippen LogP) is 2.56. The van der Waals surface area contributed by atoms with Crippen LogP contribution in [0.1, 0.15) is 19.4 Å². The van der Waals surface area contributed by atoms with Crippen molar-refractivity contribution in [3.05, 3.63) is 38.3 Å². The first kappa shape index (κ1) is 15.6. The van der Waals surface area contributed by atoms with Crippen molar-refractivity contribution < 1.29 is 14.8 Å². The second kappa shape index (κ2) is 6.63. The molecule has 1 unspecified atom stereocenters. The van der Waals surface area contributed by atoms with Crippen molar-refractivity contribution in [1.82, 2.24) is 5.32 Å². The number of nitro benzene ring substituents is 1. The summed E-state index contributed by atoms with van der Waals surface area (Å²) in [6.07, 6.45) is 0. The molecule has 0 aromatic heterocycles. The lowest BCUT2D eigenvalue weighted by molar-refractivity contribution is -0.384. The molecule has 1 aromatic rings. The minimum absolute atomic E-state index is 0.00531. The van der Waals surface area contributed by atoms with Gasteiger partial charge in [-0.15, -0.1) is 0 Å². The molecule has 6 nitrogen and oxygen atoms in total. The zero-order valence-electron chi connectivity index (χ0n) is 10.6. The lowest BCUT2D eigenvalue weighted by atomic mass is 10.0. The second-order valence-electron chi connectivity index (χ2n) is 4.47. The summed E-state index contributed by atoms with van der Waals surface area (Å²) in [6, 6.07) is 3.76. The summed E-state index contributed by atoms with van der Waals surface area (Å²) in [7, 11) is 0. The molecular weight excluding hydrogens is 316 g/mol. The number of nitrogens with one attached hydrogen (secondary N) is 1. The molecule has 19 heavy (non-hydrogen) atoms. The van der Waals surface area contributed by atoms with E-state index in [0.29, 0.717) is 11.0 Å². The van der Waals surface area contributed by atoms with Gasteiger partial charge in [0.1, 0.15) is 6.04 Å². The zero-order chi connectivity index (χ0) is 14.6. The third kappa shape index (κ3) is 4.29. The number of benzene rings is 1. The van der Waals surface area contributed by atoms with E-state index in [1.165, 1.54) is 12.1 Å². The Bertz CT molecular complexity index is 491. The quantitative estimate of drug-likeness (QED) is 0.617. The number of carbonyl (C=O) groups is 1. The Morgan fingerprint density at radius 2 is 2.16 bits per heavy atom. The van der Waals surface area contributed by atoms with Crippen molar-refractivity contribution in [3.63, 3.8) is 0 Å². The smallest absolute Gasteiger partial charge is 0.320 e. The van der Waals surface area contributed by atoms with Gasteiger partial charge in [-0.1, -0.05) is 29.8 Å². The molecule has 0 aliphatic rings. The molecule has 0 aliphatic heterocycles. The van der Waals surface area contributed by atoms with Crippen LogP contribution in [0.2, 0.25) is 0 Å². The average Bonchev–Trinajstić information content (AvgIpc) is 2.29. The Morgan fingerprint density at radius 3 is 2.58 bits per heavy atom. The minimum Gasteiger partial charge on any atom is -0.480 e. The van der Waals surface area contributed by atoms with E-state index in [2.05, 4.69) is 21.2 Å². The number of carboxylic acids is 1. The second-order valence-corrected chi connectivity index (χ2v) is 5.33. The predicted molar refractivity (Wildman–Crippen MR) is 73.9 cm³/mol. The van der Waals surface area contributed by atoms with Crippen LogP contribution in [0, 0.1) is 16.0 Å². The summed E-state index contributed by atoms with van der Waals surface area (Å²) >= 11 is 3.25. The molecule has 0 radical (unpaired) electrons. The number of halogens is 1. The van der Waals surface area contributed by atoms with Crippen LogP contribution in [0.4, 0.5) is 5.69 Å². The normalized spacial score (nSPS) is 12.4. The van der Waals surface area contributed by atoms with Gasteiger partial charge in [-0.25, -0.2) is 0 Å². The number of non-ortho nitro benzene ring substituents is 1. The standard InChI is InChI=1S/C12H15BrN2O4/c1-7(2)11(12(16)17)14-6-8-3-4-9(15(18)19)5-10(8)13/h3-5,7,11,14H,6H2,1-2H3,(H,16,17). The molecule has 0 fully saturated rings. The molecule has 0 amide bonds. The molecule has 104 valence electrons. The van der Waals surface area contributed by atoms with Gasteiger partial charge in [-0.3, -0.25) is 14.9 Å². The van der Waals surface area contributed by atoms with Gasteiger partial charge in [0.2, 0.25) is 0 Å². The summed E-state index contributed by atoms with van der Waals surface area (Å²) in [6.45, 7) is 3.96. The number of carboxylic acid groups (broad SMARTS) is 1. The molecule has 1 aromatic carbocycles. The van der Waals surface area contributed by atoms with Crippen LogP contribution in [0.15, 0.2) is 22.7 Å². The fourth-order valence-electron chi connectivity index (χ4n) is 1.62. The van der Waals surface area contributed by atoms with E-state index in [1.807, 2.05) is 13.8 Å². The van der Waals surface area contributed by atoms with Crippen LogP contribution in [0.5, 0.6) is 0 Å². The van der Waals surface area contributed by atoms with Crippen molar-refractivity contribution in [2.24, 2.45) is 5.92 Å². The molecule has 0 saturated heterocycles. The number of hydrogen-bond acceptors (Lipinski definition) is 4. The van der Waals surface area contributed by atoms with E-state index >= 15 is 0 Å². The van der Waals surface area contributed by atoms with E-state index in [9.17, 15) is 14.9 Å². The maximum Gasteiger partial charge on any atom is 0.320 e. The maximum absolute atomic E-state index is 11.0. The molecular formula is C12H15BrN2O4. The van der Waals surface area contributed by atoms with Crippen LogP contribution in [0.3, 0.4) is 0 Å². The zero-order valence-corrected chi connectivity index (χ0v) is 12.2. The van der Waals surface area contributed by atoms with Crippen LogP contribution in [-0.2, 0) is 11.3 Å². The highest BCUT2D eigenvalue weighted by Crippen LogP contribution is 2.23. The van der Waals surface area contributed by atoms with E-state index in [-0.39, 0.29) is 11.6 Å². The molecule has 0 heterocycles. The highest BCUT2D eigenvalue weighted by Gasteiger charge is 2.21. The van der Waals surface area contributed by atoms with Crippen LogP contribution >= 0.6 is 15.9 Å². The van der Waals surface area contributed by atoms with Gasteiger partial charge >= 0.3 is 5.97 Å². The molecule has 2 N–H and O–H groups in total. The van der Waals surface area contributed by atoms with Gasteiger partial charge in [0.25, 0.3) is 5.69 Å². The largest absolute Gasteiger partial charge is 0.480 e. The van der Waals surface area contributed by atoms with Crippen molar-refractivity contribution >= 4 is 27.6 Å². The van der Waals surface area contributed by atoms with E-state index in [0.717, 1.165) is 5.56 Å². The fourth-order valence-corrected chi connectivity index (χ4v) is 2.13. The van der Waals surface area contributed by atoms with Gasteiger partial charge in [-0.2, -0.15) is 0 Å². The summed E-state index contributed by atoms with van der Waals surface area (Å²) in [5.74, 6) is -0.956. The van der Waals surface area contributed by atoms with Crippen molar-refractivity contribution in [1.29, 1.82) is 0 Å². The molecule has 7 heteroatoms. The van der Waals surface area contributed by atoms with Gasteiger partial charge in [0.15, 0.2) is 0 Å². The average molecular weight is 331 g/mol. The summed E-state index contributed by atoms with van der Waals surface area (Å²) in [5.41, 5.74) is 0.770. The molecule has 0 bridgehead atoms. The van der Waals surface area contributed by atoms with E-state index in [1.54, 1.807) is 6.07 Å². The molecule has 1 atom stereocenters. The lowest BCUT2D eigenvalue weighted by Crippen LogP contribution is -2.40. The molecule has 0 spiro atoms. The van der Waals surface area contributed by atoms with Crippen LogP contribution < -0.4 is 5.32 Å². The number of aliphatic carboxylic acids is 1. The van der Waals surface area contributed by atoms with Crippen LogP contribution in [0.25, 0.3) is 0 Å². The topological polar surface area (TPSA) is 92.5 Å². The number of hydrogen-bond donors (Lipinski definition) is 2.